The average molecular weight is 430 g/mol. The Bertz CT molecular complexity index is 1020. The fourth-order valence-electron chi connectivity index (χ4n) is 2.53. The third-order valence-electron chi connectivity index (χ3n) is 3.93. The number of ether oxygens (including phenoxy) is 1. The van der Waals surface area contributed by atoms with Gasteiger partial charge in [0.05, 0.1) is 16.3 Å². The first-order chi connectivity index (χ1) is 14.0. The van der Waals surface area contributed by atoms with E-state index in [9.17, 15) is 4.79 Å². The number of halogens is 2. The molecular weight excluding hydrogens is 413 g/mol. The Morgan fingerprint density at radius 1 is 0.966 bits per heavy atom. The lowest BCUT2D eigenvalue weighted by Gasteiger charge is -2.09. The minimum absolute atomic E-state index is 0.387. The van der Waals surface area contributed by atoms with Gasteiger partial charge in [-0.25, -0.2) is 4.79 Å². The lowest BCUT2D eigenvalue weighted by molar-refractivity contribution is -0.142. The molecule has 0 spiro atoms. The molecule has 3 aromatic carbocycles. The number of carbonyl (C=O) groups is 1. The Morgan fingerprint density at radius 3 is 2.48 bits per heavy atom. The lowest BCUT2D eigenvalue weighted by atomic mass is 10.0. The van der Waals surface area contributed by atoms with Gasteiger partial charge in [-0.15, -0.1) is 0 Å². The van der Waals surface area contributed by atoms with Gasteiger partial charge in [0.1, 0.15) is 12.4 Å². The zero-order valence-electron chi connectivity index (χ0n) is 15.2. The van der Waals surface area contributed by atoms with E-state index in [-0.39, 0.29) is 0 Å². The van der Waals surface area contributed by atoms with Crippen molar-refractivity contribution in [2.75, 3.05) is 6.61 Å². The molecule has 1 N–H and O–H groups in total. The molecule has 0 fully saturated rings. The number of hydrogen-bond donors (Lipinski definition) is 1. The maximum absolute atomic E-state index is 10.4. The maximum Gasteiger partial charge on any atom is 0.344 e. The van der Waals surface area contributed by atoms with Crippen molar-refractivity contribution in [3.05, 3.63) is 87.9 Å². The smallest absolute Gasteiger partial charge is 0.344 e. The number of carboxylic acids is 1. The maximum atomic E-state index is 10.4. The summed E-state index contributed by atoms with van der Waals surface area (Å²) in [5, 5.41) is 13.2. The van der Waals surface area contributed by atoms with Gasteiger partial charge in [-0.2, -0.15) is 0 Å². The summed E-state index contributed by atoms with van der Waals surface area (Å²) >= 11 is 11.9. The third-order valence-corrected chi connectivity index (χ3v) is 4.67. The summed E-state index contributed by atoms with van der Waals surface area (Å²) < 4.78 is 5.80. The second-order valence-electron chi connectivity index (χ2n) is 6.09. The highest BCUT2D eigenvalue weighted by Gasteiger charge is 2.03. The molecule has 29 heavy (non-hydrogen) atoms. The van der Waals surface area contributed by atoms with Crippen molar-refractivity contribution in [3.63, 3.8) is 0 Å². The van der Waals surface area contributed by atoms with Crippen LogP contribution in [0.15, 0.2) is 71.9 Å². The SMILES string of the molecule is O=C(O)CO/N=C/c1cccc(-c2ccc(OCc3ccc(Cl)c(Cl)c3)cc2)c1. The first-order valence-corrected chi connectivity index (χ1v) is 9.41. The molecule has 0 aliphatic carbocycles. The molecule has 3 aromatic rings. The van der Waals surface area contributed by atoms with Crippen LogP contribution in [0, 0.1) is 0 Å². The van der Waals surface area contributed by atoms with Gasteiger partial charge >= 0.3 is 5.97 Å². The van der Waals surface area contributed by atoms with Crippen LogP contribution in [-0.4, -0.2) is 23.9 Å². The molecule has 0 saturated heterocycles. The van der Waals surface area contributed by atoms with Crippen LogP contribution in [0.25, 0.3) is 11.1 Å². The van der Waals surface area contributed by atoms with Gasteiger partial charge in [-0.3, -0.25) is 0 Å². The van der Waals surface area contributed by atoms with E-state index in [2.05, 4.69) is 9.99 Å². The first-order valence-electron chi connectivity index (χ1n) is 8.65. The highest BCUT2D eigenvalue weighted by molar-refractivity contribution is 6.42. The molecule has 0 heterocycles. The molecule has 0 amide bonds. The molecular formula is C22H17Cl2NO4. The molecule has 0 aromatic heterocycles. The number of aliphatic carboxylic acids is 1. The van der Waals surface area contributed by atoms with Crippen LogP contribution in [0.2, 0.25) is 10.0 Å². The molecule has 148 valence electrons. The molecule has 0 unspecified atom stereocenters. The molecule has 7 heteroatoms. The summed E-state index contributed by atoms with van der Waals surface area (Å²) in [5.41, 5.74) is 3.73. The first kappa shape index (κ1) is 20.7. The highest BCUT2D eigenvalue weighted by Crippen LogP contribution is 2.25. The molecule has 3 rings (SSSR count). The second kappa shape index (κ2) is 9.96. The summed E-state index contributed by atoms with van der Waals surface area (Å²) in [6.45, 7) is -0.0849. The normalized spacial score (nSPS) is 10.8. The summed E-state index contributed by atoms with van der Waals surface area (Å²) in [5.74, 6) is -0.336. The molecule has 0 atom stereocenters. The summed E-state index contributed by atoms with van der Waals surface area (Å²) in [6.07, 6.45) is 1.47. The van der Waals surface area contributed by atoms with Crippen molar-refractivity contribution in [2.24, 2.45) is 5.16 Å². The number of carboxylic acid groups (broad SMARTS) is 1. The zero-order chi connectivity index (χ0) is 20.6. The quantitative estimate of drug-likeness (QED) is 0.369. The van der Waals surface area contributed by atoms with Gasteiger partial charge in [-0.05, 0) is 52.6 Å². The zero-order valence-corrected chi connectivity index (χ0v) is 16.7. The second-order valence-corrected chi connectivity index (χ2v) is 6.90. The summed E-state index contributed by atoms with van der Waals surface area (Å²) in [4.78, 5) is 15.1. The highest BCUT2D eigenvalue weighted by atomic mass is 35.5. The number of oxime groups is 1. The fourth-order valence-corrected chi connectivity index (χ4v) is 2.85. The molecule has 0 aliphatic rings. The number of rotatable bonds is 8. The van der Waals surface area contributed by atoms with Crippen molar-refractivity contribution in [2.45, 2.75) is 6.61 Å². The minimum atomic E-state index is -1.07. The van der Waals surface area contributed by atoms with Crippen molar-refractivity contribution in [1.82, 2.24) is 0 Å². The molecule has 0 bridgehead atoms. The largest absolute Gasteiger partial charge is 0.489 e. The van der Waals surface area contributed by atoms with E-state index in [0.717, 1.165) is 28.0 Å². The predicted octanol–water partition coefficient (Wildman–Crippen LogP) is 5.67. The van der Waals surface area contributed by atoms with Crippen molar-refractivity contribution in [3.8, 4) is 16.9 Å². The Balaban J connectivity index is 1.63. The Hall–Kier alpha value is -3.02. The standard InChI is InChI=1S/C22H17Cl2NO4/c23-20-9-4-16(11-21(20)24)13-28-19-7-5-17(6-8-19)18-3-1-2-15(10-18)12-25-29-14-22(26)27/h1-12H,13-14H2,(H,26,27)/b25-12+. The van der Waals surface area contributed by atoms with Gasteiger partial charge in [0, 0.05) is 0 Å². The topological polar surface area (TPSA) is 68.1 Å². The van der Waals surface area contributed by atoms with Crippen molar-refractivity contribution >= 4 is 35.4 Å². The van der Waals surface area contributed by atoms with E-state index in [1.165, 1.54) is 6.21 Å². The predicted molar refractivity (Wildman–Crippen MR) is 114 cm³/mol. The van der Waals surface area contributed by atoms with Crippen LogP contribution in [-0.2, 0) is 16.2 Å². The van der Waals surface area contributed by atoms with E-state index >= 15 is 0 Å². The van der Waals surface area contributed by atoms with Crippen molar-refractivity contribution in [1.29, 1.82) is 0 Å². The van der Waals surface area contributed by atoms with Gasteiger partial charge in [0.25, 0.3) is 0 Å². The van der Waals surface area contributed by atoms with Gasteiger partial charge < -0.3 is 14.7 Å². The molecule has 0 aliphatic heterocycles. The minimum Gasteiger partial charge on any atom is -0.489 e. The molecule has 5 nitrogen and oxygen atoms in total. The monoisotopic (exact) mass is 429 g/mol. The van der Waals surface area contributed by atoms with E-state index < -0.39 is 12.6 Å². The van der Waals surface area contributed by atoms with Crippen LogP contribution in [0.3, 0.4) is 0 Å². The average Bonchev–Trinajstić information content (AvgIpc) is 2.72. The molecule has 0 saturated carbocycles. The Kier molecular flexibility index (Phi) is 7.11. The Labute approximate surface area is 178 Å². The van der Waals surface area contributed by atoms with Crippen LogP contribution in [0.1, 0.15) is 11.1 Å². The molecule has 0 radical (unpaired) electrons. The fraction of sp³-hybridized carbons (Fsp3) is 0.0909. The van der Waals surface area contributed by atoms with Gasteiger partial charge in [-0.1, -0.05) is 64.8 Å². The summed E-state index contributed by atoms with van der Waals surface area (Å²) in [7, 11) is 0. The van der Waals surface area contributed by atoms with Crippen LogP contribution >= 0.6 is 23.2 Å². The lowest BCUT2D eigenvalue weighted by Crippen LogP contribution is -2.03. The van der Waals surface area contributed by atoms with Gasteiger partial charge in [0.15, 0.2) is 0 Å². The third kappa shape index (κ3) is 6.24. The van der Waals surface area contributed by atoms with E-state index in [1.807, 2.05) is 54.6 Å². The van der Waals surface area contributed by atoms with Crippen molar-refractivity contribution < 1.29 is 19.5 Å². The number of nitrogens with zero attached hydrogens (tertiary/aromatic N) is 1. The van der Waals surface area contributed by atoms with E-state index in [4.69, 9.17) is 33.0 Å². The van der Waals surface area contributed by atoms with Crippen LogP contribution < -0.4 is 4.74 Å². The number of hydrogen-bond acceptors (Lipinski definition) is 4. The number of benzene rings is 3. The van der Waals surface area contributed by atoms with Crippen LogP contribution in [0.4, 0.5) is 0 Å². The van der Waals surface area contributed by atoms with Gasteiger partial charge in [0.2, 0.25) is 6.61 Å². The van der Waals surface area contributed by atoms with Crippen LogP contribution in [0.5, 0.6) is 5.75 Å². The van der Waals surface area contributed by atoms with E-state index in [0.29, 0.717) is 16.7 Å². The summed E-state index contributed by atoms with van der Waals surface area (Å²) in [6, 6.07) is 20.8. The Morgan fingerprint density at radius 2 is 1.76 bits per heavy atom. The van der Waals surface area contributed by atoms with E-state index in [1.54, 1.807) is 12.1 Å².